The summed E-state index contributed by atoms with van der Waals surface area (Å²) in [5.41, 5.74) is 3.91. The summed E-state index contributed by atoms with van der Waals surface area (Å²) in [6.07, 6.45) is 5.64. The Bertz CT molecular complexity index is 626. The van der Waals surface area contributed by atoms with Crippen LogP contribution in [-0.4, -0.2) is 25.0 Å². The first-order chi connectivity index (χ1) is 9.72. The van der Waals surface area contributed by atoms with Crippen LogP contribution < -0.4 is 10.2 Å². The second-order valence-corrected chi connectivity index (χ2v) is 6.84. The molecule has 3 aliphatic rings. The third-order valence-corrected chi connectivity index (χ3v) is 5.62. The summed E-state index contributed by atoms with van der Waals surface area (Å²) in [7, 11) is 0. The van der Waals surface area contributed by atoms with Crippen LogP contribution in [0.5, 0.6) is 0 Å². The number of nitrogens with one attached hydrogen (secondary N) is 1. The summed E-state index contributed by atoms with van der Waals surface area (Å²) in [5.74, 6) is 0. The average Bonchev–Trinajstić information content (AvgIpc) is 2.84. The highest BCUT2D eigenvalue weighted by atomic mass is 79.9. The first-order valence-corrected chi connectivity index (χ1v) is 8.11. The lowest BCUT2D eigenvalue weighted by Crippen LogP contribution is -2.43. The van der Waals surface area contributed by atoms with Crippen molar-refractivity contribution in [2.24, 2.45) is 4.99 Å². The topological polar surface area (TPSA) is 27.6 Å². The number of aliphatic imine (C=N–C) groups is 1. The Kier molecular flexibility index (Phi) is 3.13. The van der Waals surface area contributed by atoms with Crippen molar-refractivity contribution in [2.75, 3.05) is 11.6 Å². The number of nitrogens with zero attached hydrogens (tertiary/aromatic N) is 2. The van der Waals surface area contributed by atoms with Gasteiger partial charge in [-0.15, -0.1) is 0 Å². The monoisotopic (exact) mass is 351 g/mol. The van der Waals surface area contributed by atoms with Gasteiger partial charge in [0.05, 0.1) is 5.02 Å². The van der Waals surface area contributed by atoms with Gasteiger partial charge in [-0.3, -0.25) is 4.99 Å². The molecule has 0 saturated carbocycles. The maximum absolute atomic E-state index is 6.24. The van der Waals surface area contributed by atoms with E-state index in [1.54, 1.807) is 0 Å². The Balaban J connectivity index is 1.75. The van der Waals surface area contributed by atoms with Gasteiger partial charge in [-0.1, -0.05) is 11.6 Å². The van der Waals surface area contributed by atoms with Crippen LogP contribution in [-0.2, 0) is 0 Å². The van der Waals surface area contributed by atoms with E-state index in [4.69, 9.17) is 11.6 Å². The second-order valence-electron chi connectivity index (χ2n) is 5.58. The van der Waals surface area contributed by atoms with E-state index in [0.717, 1.165) is 21.6 Å². The van der Waals surface area contributed by atoms with Crippen molar-refractivity contribution in [1.29, 1.82) is 0 Å². The van der Waals surface area contributed by atoms with Crippen molar-refractivity contribution in [3.05, 3.63) is 39.0 Å². The number of benzene rings is 1. The highest BCUT2D eigenvalue weighted by Crippen LogP contribution is 2.37. The molecule has 3 aliphatic heterocycles. The molecule has 20 heavy (non-hydrogen) atoms. The SMILES string of the molecule is Clc1cc(N2CN=CC3=C2CC2CCC3N2)ccc1Br. The molecule has 2 unspecified atom stereocenters. The number of hydrogen-bond donors (Lipinski definition) is 1. The lowest BCUT2D eigenvalue weighted by atomic mass is 9.99. The van der Waals surface area contributed by atoms with Crippen LogP contribution in [0.2, 0.25) is 5.02 Å². The highest BCUT2D eigenvalue weighted by Gasteiger charge is 2.36. The van der Waals surface area contributed by atoms with Gasteiger partial charge in [0, 0.05) is 46.1 Å². The molecule has 3 nitrogen and oxygen atoms in total. The van der Waals surface area contributed by atoms with Gasteiger partial charge in [-0.2, -0.15) is 0 Å². The zero-order valence-electron chi connectivity index (χ0n) is 10.9. The summed E-state index contributed by atoms with van der Waals surface area (Å²) < 4.78 is 0.933. The third kappa shape index (κ3) is 2.01. The molecule has 0 spiro atoms. The molecule has 1 saturated heterocycles. The molecule has 104 valence electrons. The van der Waals surface area contributed by atoms with Crippen LogP contribution in [0.25, 0.3) is 0 Å². The lowest BCUT2D eigenvalue weighted by molar-refractivity contribution is 0.527. The maximum atomic E-state index is 6.24. The molecular weight excluding hydrogens is 338 g/mol. The van der Waals surface area contributed by atoms with E-state index in [1.165, 1.54) is 24.1 Å². The van der Waals surface area contributed by atoms with Crippen molar-refractivity contribution in [2.45, 2.75) is 31.3 Å². The molecule has 2 atom stereocenters. The van der Waals surface area contributed by atoms with Crippen molar-refractivity contribution in [3.63, 3.8) is 0 Å². The van der Waals surface area contributed by atoms with Crippen molar-refractivity contribution in [1.82, 2.24) is 5.32 Å². The van der Waals surface area contributed by atoms with Crippen molar-refractivity contribution < 1.29 is 0 Å². The molecule has 1 aromatic rings. The standard InChI is InChI=1S/C15H15BrClN3/c16-12-3-2-10(6-13(12)17)20-8-18-7-11-14-4-1-9(19-14)5-15(11)20/h2-3,6-7,9,14,19H,1,4-5,8H2. The van der Waals surface area contributed by atoms with Crippen LogP contribution in [0.15, 0.2) is 38.9 Å². The summed E-state index contributed by atoms with van der Waals surface area (Å²) in [5, 5.41) is 4.42. The summed E-state index contributed by atoms with van der Waals surface area (Å²) in [6, 6.07) is 7.23. The fourth-order valence-electron chi connectivity index (χ4n) is 3.40. The molecule has 1 fully saturated rings. The third-order valence-electron chi connectivity index (χ3n) is 4.38. The van der Waals surface area contributed by atoms with Crippen LogP contribution in [0, 0.1) is 0 Å². The zero-order valence-corrected chi connectivity index (χ0v) is 13.3. The van der Waals surface area contributed by atoms with E-state index in [0.29, 0.717) is 18.8 Å². The van der Waals surface area contributed by atoms with Gasteiger partial charge in [-0.25, -0.2) is 0 Å². The van der Waals surface area contributed by atoms with E-state index >= 15 is 0 Å². The van der Waals surface area contributed by atoms with Gasteiger partial charge in [0.1, 0.15) is 6.67 Å². The quantitative estimate of drug-likeness (QED) is 0.834. The number of rotatable bonds is 1. The molecule has 2 bridgehead atoms. The average molecular weight is 353 g/mol. The summed E-state index contributed by atoms with van der Waals surface area (Å²) >= 11 is 9.69. The van der Waals surface area contributed by atoms with Gasteiger partial charge >= 0.3 is 0 Å². The number of hydrogen-bond acceptors (Lipinski definition) is 3. The Morgan fingerprint density at radius 3 is 3.10 bits per heavy atom. The van der Waals surface area contributed by atoms with E-state index < -0.39 is 0 Å². The highest BCUT2D eigenvalue weighted by molar-refractivity contribution is 9.10. The number of halogens is 2. The summed E-state index contributed by atoms with van der Waals surface area (Å²) in [4.78, 5) is 6.84. The van der Waals surface area contributed by atoms with Crippen LogP contribution >= 0.6 is 27.5 Å². The Labute approximate surface area is 131 Å². The normalized spacial score (nSPS) is 28.0. The molecule has 0 radical (unpaired) electrons. The van der Waals surface area contributed by atoms with Crippen molar-refractivity contribution in [3.8, 4) is 0 Å². The first-order valence-electron chi connectivity index (χ1n) is 6.94. The van der Waals surface area contributed by atoms with Gasteiger partial charge in [0.15, 0.2) is 0 Å². The van der Waals surface area contributed by atoms with Gasteiger partial charge in [-0.05, 0) is 47.0 Å². The zero-order chi connectivity index (χ0) is 13.7. The first kappa shape index (κ1) is 12.9. The minimum Gasteiger partial charge on any atom is -0.325 e. The van der Waals surface area contributed by atoms with Gasteiger partial charge < -0.3 is 10.2 Å². The molecule has 0 aromatic heterocycles. The van der Waals surface area contributed by atoms with Crippen LogP contribution in [0.4, 0.5) is 5.69 Å². The minimum absolute atomic E-state index is 0.487. The predicted octanol–water partition coefficient (Wildman–Crippen LogP) is 3.73. The minimum atomic E-state index is 0.487. The molecule has 0 aliphatic carbocycles. The summed E-state index contributed by atoms with van der Waals surface area (Å²) in [6.45, 7) is 0.691. The second kappa shape index (κ2) is 4.86. The lowest BCUT2D eigenvalue weighted by Gasteiger charge is -2.36. The Morgan fingerprint density at radius 2 is 2.25 bits per heavy atom. The Morgan fingerprint density at radius 1 is 1.35 bits per heavy atom. The predicted molar refractivity (Wildman–Crippen MR) is 86.6 cm³/mol. The van der Waals surface area contributed by atoms with Gasteiger partial charge in [0.25, 0.3) is 0 Å². The number of anilines is 1. The fraction of sp³-hybridized carbons (Fsp3) is 0.400. The number of fused-ring (bicyclic) bond motifs is 3. The van der Waals surface area contributed by atoms with Crippen molar-refractivity contribution >= 4 is 39.4 Å². The largest absolute Gasteiger partial charge is 0.325 e. The fourth-order valence-corrected chi connectivity index (χ4v) is 3.83. The van der Waals surface area contributed by atoms with Crippen LogP contribution in [0.3, 0.4) is 0 Å². The molecule has 3 heterocycles. The van der Waals surface area contributed by atoms with E-state index in [-0.39, 0.29) is 0 Å². The maximum Gasteiger partial charge on any atom is 0.114 e. The van der Waals surface area contributed by atoms with E-state index in [2.05, 4.69) is 43.4 Å². The molecule has 5 heteroatoms. The molecule has 4 rings (SSSR count). The molecular formula is C15H15BrClN3. The molecule has 1 aromatic carbocycles. The molecule has 1 N–H and O–H groups in total. The van der Waals surface area contributed by atoms with Gasteiger partial charge in [0.2, 0.25) is 0 Å². The molecule has 0 amide bonds. The smallest absolute Gasteiger partial charge is 0.114 e. The van der Waals surface area contributed by atoms with Crippen LogP contribution in [0.1, 0.15) is 19.3 Å². The van der Waals surface area contributed by atoms with E-state index in [1.807, 2.05) is 12.1 Å². The Hall–Kier alpha value is -0.840. The van der Waals surface area contributed by atoms with E-state index in [9.17, 15) is 0 Å².